The number of nitro benzene ring substituents is 1. The third-order valence-corrected chi connectivity index (χ3v) is 3.86. The Kier molecular flexibility index (Phi) is 5.83. The number of carboxylic acid groups (broad SMARTS) is 1. The van der Waals surface area contributed by atoms with E-state index in [0.29, 0.717) is 0 Å². The molecule has 0 aliphatic rings. The van der Waals surface area contributed by atoms with Gasteiger partial charge in [-0.25, -0.2) is 0 Å². The molecule has 7 nitrogen and oxygen atoms in total. The first-order chi connectivity index (χ1) is 9.75. The highest BCUT2D eigenvalue weighted by molar-refractivity contribution is 9.10. The molecule has 8 heteroatoms. The van der Waals surface area contributed by atoms with Gasteiger partial charge < -0.3 is 10.4 Å². The topological polar surface area (TPSA) is 110 Å². The fourth-order valence-corrected chi connectivity index (χ4v) is 2.33. The van der Waals surface area contributed by atoms with Gasteiger partial charge >= 0.3 is 5.97 Å². The Hall–Kier alpha value is -1.96. The summed E-state index contributed by atoms with van der Waals surface area (Å²) in [5, 5.41) is 22.4. The standard InChI is InChI=1S/C13H15BrN2O5/c1-7(2)9(13(18)19)6-15-12(17)8-4-3-5-10(11(8)14)16(20)21/h3-5,7,9H,6H2,1-2H3,(H,15,17)(H,18,19). The SMILES string of the molecule is CC(C)C(CNC(=O)c1cccc([N+](=O)[O-])c1Br)C(=O)O. The summed E-state index contributed by atoms with van der Waals surface area (Å²) in [6.45, 7) is 3.45. The van der Waals surface area contributed by atoms with Crippen LogP contribution in [-0.4, -0.2) is 28.5 Å². The molecule has 0 heterocycles. The maximum Gasteiger partial charge on any atom is 0.308 e. The van der Waals surface area contributed by atoms with Gasteiger partial charge in [-0.1, -0.05) is 19.9 Å². The second-order valence-electron chi connectivity index (χ2n) is 4.79. The van der Waals surface area contributed by atoms with Crippen molar-refractivity contribution in [3.63, 3.8) is 0 Å². The number of halogens is 1. The van der Waals surface area contributed by atoms with Crippen LogP contribution in [0.3, 0.4) is 0 Å². The fourth-order valence-electron chi connectivity index (χ4n) is 1.74. The van der Waals surface area contributed by atoms with E-state index in [2.05, 4.69) is 21.2 Å². The van der Waals surface area contributed by atoms with Gasteiger partial charge in [0.25, 0.3) is 11.6 Å². The molecule has 0 aliphatic heterocycles. The van der Waals surface area contributed by atoms with E-state index in [4.69, 9.17) is 5.11 Å². The summed E-state index contributed by atoms with van der Waals surface area (Å²) in [5.41, 5.74) is -0.126. The van der Waals surface area contributed by atoms with Crippen LogP contribution in [0, 0.1) is 22.0 Å². The summed E-state index contributed by atoms with van der Waals surface area (Å²) in [6.07, 6.45) is 0. The highest BCUT2D eigenvalue weighted by Gasteiger charge is 2.24. The van der Waals surface area contributed by atoms with E-state index in [1.165, 1.54) is 18.2 Å². The zero-order valence-corrected chi connectivity index (χ0v) is 13.1. The summed E-state index contributed by atoms with van der Waals surface area (Å²) in [5.74, 6) is -2.41. The highest BCUT2D eigenvalue weighted by Crippen LogP contribution is 2.28. The van der Waals surface area contributed by atoms with Gasteiger partial charge in [0.05, 0.1) is 16.4 Å². The Labute approximate surface area is 129 Å². The van der Waals surface area contributed by atoms with Crippen LogP contribution in [0.15, 0.2) is 22.7 Å². The smallest absolute Gasteiger partial charge is 0.308 e. The molecule has 21 heavy (non-hydrogen) atoms. The molecule has 0 bridgehead atoms. The van der Waals surface area contributed by atoms with E-state index in [0.717, 1.165) is 0 Å². The molecular formula is C13H15BrN2O5. The molecule has 0 aromatic heterocycles. The largest absolute Gasteiger partial charge is 0.481 e. The van der Waals surface area contributed by atoms with Crippen molar-refractivity contribution in [2.75, 3.05) is 6.54 Å². The molecular weight excluding hydrogens is 344 g/mol. The maximum absolute atomic E-state index is 12.0. The molecule has 1 rings (SSSR count). The number of hydrogen-bond donors (Lipinski definition) is 2. The lowest BCUT2D eigenvalue weighted by molar-refractivity contribution is -0.385. The predicted molar refractivity (Wildman–Crippen MR) is 79.1 cm³/mol. The third kappa shape index (κ3) is 4.25. The lowest BCUT2D eigenvalue weighted by atomic mass is 9.96. The number of rotatable bonds is 6. The molecule has 0 fully saturated rings. The van der Waals surface area contributed by atoms with Crippen molar-refractivity contribution in [1.82, 2.24) is 5.32 Å². The summed E-state index contributed by atoms with van der Waals surface area (Å²) < 4.78 is 0.0731. The first-order valence-corrected chi connectivity index (χ1v) is 6.99. The van der Waals surface area contributed by atoms with Gasteiger partial charge in [0.15, 0.2) is 0 Å². The van der Waals surface area contributed by atoms with Crippen molar-refractivity contribution < 1.29 is 19.6 Å². The van der Waals surface area contributed by atoms with E-state index >= 15 is 0 Å². The molecule has 0 radical (unpaired) electrons. The van der Waals surface area contributed by atoms with Gasteiger partial charge in [0.2, 0.25) is 0 Å². The van der Waals surface area contributed by atoms with Gasteiger partial charge in [-0.05, 0) is 27.9 Å². The van der Waals surface area contributed by atoms with Crippen LogP contribution in [-0.2, 0) is 4.79 Å². The third-order valence-electron chi connectivity index (χ3n) is 3.02. The maximum atomic E-state index is 12.0. The van der Waals surface area contributed by atoms with E-state index < -0.39 is 22.7 Å². The summed E-state index contributed by atoms with van der Waals surface area (Å²) in [4.78, 5) is 33.3. The normalized spacial score (nSPS) is 12.0. The molecule has 0 saturated heterocycles. The van der Waals surface area contributed by atoms with Gasteiger partial charge in [0.1, 0.15) is 4.47 Å². The van der Waals surface area contributed by atoms with E-state index in [-0.39, 0.29) is 28.2 Å². The van der Waals surface area contributed by atoms with Crippen molar-refractivity contribution in [1.29, 1.82) is 0 Å². The first-order valence-electron chi connectivity index (χ1n) is 6.19. The molecule has 1 atom stereocenters. The van der Waals surface area contributed by atoms with E-state index in [1.54, 1.807) is 13.8 Å². The van der Waals surface area contributed by atoms with Crippen LogP contribution in [0.5, 0.6) is 0 Å². The monoisotopic (exact) mass is 358 g/mol. The number of nitrogens with one attached hydrogen (secondary N) is 1. The molecule has 1 aromatic carbocycles. The number of nitrogens with zero attached hydrogens (tertiary/aromatic N) is 1. The Balaban J connectivity index is 2.88. The molecule has 0 saturated carbocycles. The molecule has 114 valence electrons. The number of amides is 1. The molecule has 0 aliphatic carbocycles. The van der Waals surface area contributed by atoms with E-state index in [1.807, 2.05) is 0 Å². The zero-order valence-electron chi connectivity index (χ0n) is 11.5. The van der Waals surface area contributed by atoms with Gasteiger partial charge in [-0.2, -0.15) is 0 Å². The average molecular weight is 359 g/mol. The average Bonchev–Trinajstić information content (AvgIpc) is 2.37. The Bertz CT molecular complexity index is 574. The van der Waals surface area contributed by atoms with Crippen LogP contribution in [0.25, 0.3) is 0 Å². The predicted octanol–water partition coefficient (Wildman–Crippen LogP) is 2.44. The first kappa shape index (κ1) is 17.1. The summed E-state index contributed by atoms with van der Waals surface area (Å²) in [6, 6.07) is 4.10. The Morgan fingerprint density at radius 3 is 2.52 bits per heavy atom. The van der Waals surface area contributed by atoms with Crippen molar-refractivity contribution in [2.24, 2.45) is 11.8 Å². The highest BCUT2D eigenvalue weighted by atomic mass is 79.9. The number of carbonyl (C=O) groups excluding carboxylic acids is 1. The number of carbonyl (C=O) groups is 2. The van der Waals surface area contributed by atoms with Crippen molar-refractivity contribution >= 4 is 33.5 Å². The number of hydrogen-bond acceptors (Lipinski definition) is 4. The van der Waals surface area contributed by atoms with Crippen LogP contribution in [0.4, 0.5) is 5.69 Å². The lowest BCUT2D eigenvalue weighted by Crippen LogP contribution is -2.35. The van der Waals surface area contributed by atoms with Crippen molar-refractivity contribution in [3.05, 3.63) is 38.3 Å². The van der Waals surface area contributed by atoms with Gasteiger partial charge in [-0.3, -0.25) is 19.7 Å². The zero-order chi connectivity index (χ0) is 16.2. The van der Waals surface area contributed by atoms with Crippen LogP contribution >= 0.6 is 15.9 Å². The number of aliphatic carboxylic acids is 1. The van der Waals surface area contributed by atoms with Crippen LogP contribution < -0.4 is 5.32 Å². The minimum absolute atomic E-state index is 0.0407. The molecule has 1 aromatic rings. The molecule has 0 spiro atoms. The fraction of sp³-hybridized carbons (Fsp3) is 0.385. The molecule has 1 unspecified atom stereocenters. The minimum atomic E-state index is -0.997. The lowest BCUT2D eigenvalue weighted by Gasteiger charge is -2.16. The second-order valence-corrected chi connectivity index (χ2v) is 5.59. The van der Waals surface area contributed by atoms with Crippen molar-refractivity contribution in [3.8, 4) is 0 Å². The van der Waals surface area contributed by atoms with Gasteiger partial charge in [-0.15, -0.1) is 0 Å². The van der Waals surface area contributed by atoms with Crippen molar-refractivity contribution in [2.45, 2.75) is 13.8 Å². The number of nitro groups is 1. The van der Waals surface area contributed by atoms with E-state index in [9.17, 15) is 19.7 Å². The number of benzene rings is 1. The summed E-state index contributed by atoms with van der Waals surface area (Å²) in [7, 11) is 0. The minimum Gasteiger partial charge on any atom is -0.481 e. The van der Waals surface area contributed by atoms with Crippen LogP contribution in [0.1, 0.15) is 24.2 Å². The quantitative estimate of drug-likeness (QED) is 0.599. The Morgan fingerprint density at radius 1 is 1.43 bits per heavy atom. The Morgan fingerprint density at radius 2 is 2.05 bits per heavy atom. The molecule has 1 amide bonds. The second kappa shape index (κ2) is 7.16. The molecule has 2 N–H and O–H groups in total. The van der Waals surface area contributed by atoms with Crippen LogP contribution in [0.2, 0.25) is 0 Å². The summed E-state index contributed by atoms with van der Waals surface area (Å²) >= 11 is 3.03. The van der Waals surface area contributed by atoms with Gasteiger partial charge in [0, 0.05) is 12.6 Å². The number of carboxylic acids is 1.